The molecule has 1 aliphatic carbocycles. The van der Waals surface area contributed by atoms with Gasteiger partial charge in [0.1, 0.15) is 5.75 Å². The van der Waals surface area contributed by atoms with Crippen LogP contribution >= 0.6 is 11.3 Å². The lowest BCUT2D eigenvalue weighted by Gasteiger charge is -2.22. The molecule has 1 N–H and O–H groups in total. The number of thiazole rings is 1. The lowest BCUT2D eigenvalue weighted by Crippen LogP contribution is -2.20. The Balaban J connectivity index is 1.34. The molecule has 4 rings (SSSR count). The number of aromatic nitrogens is 1. The van der Waals surface area contributed by atoms with Crippen molar-refractivity contribution in [1.29, 1.82) is 0 Å². The Morgan fingerprint density at radius 1 is 1.07 bits per heavy atom. The maximum absolute atomic E-state index is 12.3. The van der Waals surface area contributed by atoms with Crippen molar-refractivity contribution in [2.24, 2.45) is 0 Å². The van der Waals surface area contributed by atoms with E-state index in [0.717, 1.165) is 21.5 Å². The summed E-state index contributed by atoms with van der Waals surface area (Å²) in [6.07, 6.45) is 6.58. The fraction of sp³-hybridized carbons (Fsp3) is 0.391. The first-order chi connectivity index (χ1) is 13.6. The second-order valence-corrected chi connectivity index (χ2v) is 8.64. The molecule has 0 radical (unpaired) electrons. The normalized spacial score (nSPS) is 14.9. The Hall–Kier alpha value is -2.40. The van der Waals surface area contributed by atoms with Gasteiger partial charge in [-0.3, -0.25) is 10.1 Å². The van der Waals surface area contributed by atoms with E-state index in [4.69, 9.17) is 4.74 Å². The number of amides is 1. The summed E-state index contributed by atoms with van der Waals surface area (Å²) in [6.45, 7) is 4.08. The minimum absolute atomic E-state index is 0.0172. The highest BCUT2D eigenvalue weighted by Crippen LogP contribution is 2.33. The van der Waals surface area contributed by atoms with E-state index in [9.17, 15) is 4.79 Å². The van der Waals surface area contributed by atoms with Gasteiger partial charge in [-0.2, -0.15) is 0 Å². The molecule has 0 unspecified atom stereocenters. The minimum Gasteiger partial charge on any atom is -0.484 e. The third-order valence-electron chi connectivity index (χ3n) is 5.52. The minimum atomic E-state index is -0.189. The van der Waals surface area contributed by atoms with Crippen molar-refractivity contribution < 1.29 is 9.53 Å². The van der Waals surface area contributed by atoms with Crippen LogP contribution in [0.1, 0.15) is 54.7 Å². The number of anilines is 1. The smallest absolute Gasteiger partial charge is 0.264 e. The predicted molar refractivity (Wildman–Crippen MR) is 115 cm³/mol. The largest absolute Gasteiger partial charge is 0.484 e. The zero-order valence-electron chi connectivity index (χ0n) is 16.5. The Bertz CT molecular complexity index is 933. The molecule has 0 bridgehead atoms. The van der Waals surface area contributed by atoms with E-state index in [1.807, 2.05) is 19.1 Å². The van der Waals surface area contributed by atoms with Crippen molar-refractivity contribution >= 4 is 32.6 Å². The zero-order valence-corrected chi connectivity index (χ0v) is 17.3. The highest BCUT2D eigenvalue weighted by Gasteiger charge is 2.15. The summed E-state index contributed by atoms with van der Waals surface area (Å²) in [5, 5.41) is 3.48. The maximum Gasteiger partial charge on any atom is 0.264 e. The van der Waals surface area contributed by atoms with E-state index in [1.54, 1.807) is 0 Å². The van der Waals surface area contributed by atoms with Crippen LogP contribution in [-0.4, -0.2) is 17.5 Å². The van der Waals surface area contributed by atoms with Gasteiger partial charge in [0, 0.05) is 0 Å². The third-order valence-corrected chi connectivity index (χ3v) is 6.62. The number of fused-ring (bicyclic) bond motifs is 1. The molecule has 0 aliphatic heterocycles. The standard InChI is InChI=1S/C23H26N2O2S/c1-15-8-9-16(2)22-21(15)25-23(28-22)24-20(26)14-27-19-12-10-18(11-13-19)17-6-4-3-5-7-17/h8-13,17H,3-7,14H2,1-2H3,(H,24,25,26). The number of carbonyl (C=O) groups excluding carboxylic acids is 1. The number of rotatable bonds is 5. The van der Waals surface area contributed by atoms with Gasteiger partial charge in [0.2, 0.25) is 0 Å². The number of ether oxygens (including phenoxy) is 1. The lowest BCUT2D eigenvalue weighted by atomic mass is 9.84. The average Bonchev–Trinajstić information content (AvgIpc) is 3.15. The molecular weight excluding hydrogens is 368 g/mol. The summed E-state index contributed by atoms with van der Waals surface area (Å²) >= 11 is 1.51. The number of nitrogens with zero attached hydrogens (tertiary/aromatic N) is 1. The quantitative estimate of drug-likeness (QED) is 0.579. The van der Waals surface area contributed by atoms with Crippen molar-refractivity contribution in [3.63, 3.8) is 0 Å². The van der Waals surface area contributed by atoms with Gasteiger partial charge in [0.15, 0.2) is 11.7 Å². The maximum atomic E-state index is 12.3. The number of nitrogens with one attached hydrogen (secondary N) is 1. The van der Waals surface area contributed by atoms with Crippen LogP contribution < -0.4 is 10.1 Å². The molecule has 146 valence electrons. The fourth-order valence-electron chi connectivity index (χ4n) is 3.89. The van der Waals surface area contributed by atoms with Crippen LogP contribution in [0.3, 0.4) is 0 Å². The molecule has 1 amide bonds. The fourth-order valence-corrected chi connectivity index (χ4v) is 4.92. The summed E-state index contributed by atoms with van der Waals surface area (Å²) in [7, 11) is 0. The summed E-state index contributed by atoms with van der Waals surface area (Å²) in [4.78, 5) is 16.8. The van der Waals surface area contributed by atoms with Crippen molar-refractivity contribution in [3.8, 4) is 5.75 Å². The van der Waals surface area contributed by atoms with E-state index >= 15 is 0 Å². The van der Waals surface area contributed by atoms with Gasteiger partial charge in [-0.05, 0) is 61.4 Å². The van der Waals surface area contributed by atoms with Crippen molar-refractivity contribution in [2.75, 3.05) is 11.9 Å². The van der Waals surface area contributed by atoms with Crippen LogP contribution in [-0.2, 0) is 4.79 Å². The van der Waals surface area contributed by atoms with E-state index in [1.165, 1.54) is 54.6 Å². The first-order valence-electron chi connectivity index (χ1n) is 9.99. The van der Waals surface area contributed by atoms with E-state index in [2.05, 4.69) is 41.5 Å². The molecule has 1 heterocycles. The zero-order chi connectivity index (χ0) is 19.5. The number of hydrogen-bond donors (Lipinski definition) is 1. The molecule has 0 atom stereocenters. The lowest BCUT2D eigenvalue weighted by molar-refractivity contribution is -0.118. The average molecular weight is 395 g/mol. The highest BCUT2D eigenvalue weighted by atomic mass is 32.1. The number of benzene rings is 2. The van der Waals surface area contributed by atoms with Crippen molar-refractivity contribution in [2.45, 2.75) is 51.9 Å². The van der Waals surface area contributed by atoms with E-state index in [0.29, 0.717) is 11.0 Å². The van der Waals surface area contributed by atoms with Crippen LogP contribution in [0.5, 0.6) is 5.75 Å². The molecule has 5 heteroatoms. The Morgan fingerprint density at radius 2 is 1.79 bits per heavy atom. The topological polar surface area (TPSA) is 51.2 Å². The molecule has 1 fully saturated rings. The van der Waals surface area contributed by atoms with Gasteiger partial charge in [-0.1, -0.05) is 54.9 Å². The van der Waals surface area contributed by atoms with Crippen molar-refractivity contribution in [1.82, 2.24) is 4.98 Å². The molecule has 3 aromatic rings. The van der Waals surface area contributed by atoms with Gasteiger partial charge in [-0.15, -0.1) is 0 Å². The monoisotopic (exact) mass is 394 g/mol. The van der Waals surface area contributed by atoms with Gasteiger partial charge in [-0.25, -0.2) is 4.98 Å². The molecule has 1 aliphatic rings. The summed E-state index contributed by atoms with van der Waals surface area (Å²) in [5.41, 5.74) is 4.63. The Kier molecular flexibility index (Phi) is 5.62. The molecule has 1 aromatic heterocycles. The van der Waals surface area contributed by atoms with Gasteiger partial charge >= 0.3 is 0 Å². The first-order valence-corrected chi connectivity index (χ1v) is 10.8. The molecule has 2 aromatic carbocycles. The van der Waals surface area contributed by atoms with Crippen molar-refractivity contribution in [3.05, 3.63) is 53.1 Å². The number of aryl methyl sites for hydroxylation is 2. The Labute approximate surface area is 169 Å². The van der Waals surface area contributed by atoms with E-state index < -0.39 is 0 Å². The summed E-state index contributed by atoms with van der Waals surface area (Å²) in [6, 6.07) is 12.4. The van der Waals surface area contributed by atoms with Gasteiger partial charge < -0.3 is 4.74 Å². The first kappa shape index (κ1) is 18.9. The predicted octanol–water partition coefficient (Wildman–Crippen LogP) is 5.98. The molecule has 28 heavy (non-hydrogen) atoms. The molecule has 0 saturated heterocycles. The van der Waals surface area contributed by atoms with Gasteiger partial charge in [0.05, 0.1) is 10.2 Å². The molecule has 4 nitrogen and oxygen atoms in total. The third kappa shape index (κ3) is 4.20. The number of carbonyl (C=O) groups is 1. The summed E-state index contributed by atoms with van der Waals surface area (Å²) in [5.74, 6) is 1.22. The molecule has 1 saturated carbocycles. The second kappa shape index (κ2) is 8.31. The van der Waals surface area contributed by atoms with Crippen LogP contribution in [0.25, 0.3) is 10.2 Å². The molecule has 0 spiro atoms. The second-order valence-electron chi connectivity index (χ2n) is 7.64. The van der Waals surface area contributed by atoms with Crippen LogP contribution in [0.2, 0.25) is 0 Å². The Morgan fingerprint density at radius 3 is 2.50 bits per heavy atom. The van der Waals surface area contributed by atoms with Crippen LogP contribution in [0.4, 0.5) is 5.13 Å². The van der Waals surface area contributed by atoms with E-state index in [-0.39, 0.29) is 12.5 Å². The number of hydrogen-bond acceptors (Lipinski definition) is 4. The SMILES string of the molecule is Cc1ccc(C)c2sc(NC(=O)COc3ccc(C4CCCCC4)cc3)nc12. The molecular formula is C23H26N2O2S. The highest BCUT2D eigenvalue weighted by molar-refractivity contribution is 7.22. The van der Waals surface area contributed by atoms with Crippen LogP contribution in [0.15, 0.2) is 36.4 Å². The summed E-state index contributed by atoms with van der Waals surface area (Å²) < 4.78 is 6.79. The van der Waals surface area contributed by atoms with Gasteiger partial charge in [0.25, 0.3) is 5.91 Å². The van der Waals surface area contributed by atoms with Crippen LogP contribution in [0, 0.1) is 13.8 Å².